The molecule has 1 aliphatic heterocycles. The van der Waals surface area contributed by atoms with E-state index in [9.17, 15) is 9.59 Å². The van der Waals surface area contributed by atoms with E-state index in [4.69, 9.17) is 5.26 Å². The molecule has 0 bridgehead atoms. The van der Waals surface area contributed by atoms with Crippen molar-refractivity contribution in [2.75, 3.05) is 37.6 Å². The fourth-order valence-corrected chi connectivity index (χ4v) is 3.58. The van der Waals surface area contributed by atoms with Crippen molar-refractivity contribution in [1.29, 1.82) is 5.26 Å². The van der Waals surface area contributed by atoms with Crippen molar-refractivity contribution in [3.63, 3.8) is 0 Å². The number of rotatable bonds is 5. The molecule has 1 N–H and O–H groups in total. The summed E-state index contributed by atoms with van der Waals surface area (Å²) in [5, 5.41) is 11.7. The Morgan fingerprint density at radius 3 is 2.41 bits per heavy atom. The molecule has 6 nitrogen and oxygen atoms in total. The molecule has 0 saturated carbocycles. The zero-order chi connectivity index (χ0) is 20.6. The van der Waals surface area contributed by atoms with Crippen LogP contribution in [0.25, 0.3) is 0 Å². The first-order valence-electron chi connectivity index (χ1n) is 9.63. The molecule has 0 atom stereocenters. The Morgan fingerprint density at radius 2 is 1.72 bits per heavy atom. The maximum Gasteiger partial charge on any atom is 0.251 e. The average Bonchev–Trinajstić information content (AvgIpc) is 3.00. The number of amides is 2. The van der Waals surface area contributed by atoms with Crippen molar-refractivity contribution in [2.24, 2.45) is 0 Å². The van der Waals surface area contributed by atoms with Gasteiger partial charge in [-0.05, 0) is 55.0 Å². The van der Waals surface area contributed by atoms with Crippen LogP contribution in [0.2, 0.25) is 0 Å². The van der Waals surface area contributed by atoms with Crippen molar-refractivity contribution in [3.05, 3.63) is 64.1 Å². The summed E-state index contributed by atoms with van der Waals surface area (Å²) in [6.07, 6.45) is 1.18. The van der Waals surface area contributed by atoms with Crippen molar-refractivity contribution in [2.45, 2.75) is 12.8 Å². The van der Waals surface area contributed by atoms with Gasteiger partial charge in [0.1, 0.15) is 0 Å². The van der Waals surface area contributed by atoms with E-state index in [-0.39, 0.29) is 11.8 Å². The summed E-state index contributed by atoms with van der Waals surface area (Å²) >= 11 is 3.34. The van der Waals surface area contributed by atoms with Crippen molar-refractivity contribution in [1.82, 2.24) is 10.2 Å². The number of carbonyl (C=O) groups is 2. The van der Waals surface area contributed by atoms with Crippen LogP contribution in [-0.2, 0) is 4.79 Å². The average molecular weight is 455 g/mol. The molecule has 2 aromatic rings. The van der Waals surface area contributed by atoms with Gasteiger partial charge in [0.2, 0.25) is 5.91 Å². The largest absolute Gasteiger partial charge is 0.370 e. The van der Waals surface area contributed by atoms with E-state index in [1.807, 2.05) is 41.3 Å². The summed E-state index contributed by atoms with van der Waals surface area (Å²) in [7, 11) is 0. The lowest BCUT2D eigenvalue weighted by Crippen LogP contribution is -2.37. The van der Waals surface area contributed by atoms with Gasteiger partial charge in [0.25, 0.3) is 5.91 Å². The maximum absolute atomic E-state index is 12.6. The maximum atomic E-state index is 12.6. The van der Waals surface area contributed by atoms with Gasteiger partial charge in [-0.15, -0.1) is 0 Å². The first kappa shape index (κ1) is 20.9. The Kier molecular flexibility index (Phi) is 7.25. The summed E-state index contributed by atoms with van der Waals surface area (Å²) in [5.74, 6) is -0.115. The quantitative estimate of drug-likeness (QED) is 0.752. The molecule has 7 heteroatoms. The summed E-state index contributed by atoms with van der Waals surface area (Å²) < 4.78 is 0.917. The number of hydrogen-bond acceptors (Lipinski definition) is 4. The molecule has 2 amide bonds. The second-order valence-corrected chi connectivity index (χ2v) is 7.81. The van der Waals surface area contributed by atoms with Crippen LogP contribution in [0.1, 0.15) is 28.8 Å². The van der Waals surface area contributed by atoms with Gasteiger partial charge in [-0.25, -0.2) is 0 Å². The Bertz CT molecular complexity index is 891. The first-order chi connectivity index (χ1) is 14.1. The molecular formula is C22H23BrN4O2. The SMILES string of the molecule is N#Cc1ccc(N2CCCN(C(=O)CCNC(=O)c3ccc(Br)cc3)CC2)cc1. The molecule has 1 heterocycles. The molecule has 2 aromatic carbocycles. The van der Waals surface area contributed by atoms with Crippen LogP contribution in [0, 0.1) is 11.3 Å². The number of anilines is 1. The summed E-state index contributed by atoms with van der Waals surface area (Å²) in [6, 6.07) is 16.8. The van der Waals surface area contributed by atoms with Crippen LogP contribution in [0.3, 0.4) is 0 Å². The minimum absolute atomic E-state index is 0.0581. The van der Waals surface area contributed by atoms with Crippen molar-refractivity contribution in [3.8, 4) is 6.07 Å². The van der Waals surface area contributed by atoms with Crippen LogP contribution >= 0.6 is 15.9 Å². The highest BCUT2D eigenvalue weighted by atomic mass is 79.9. The highest BCUT2D eigenvalue weighted by molar-refractivity contribution is 9.10. The lowest BCUT2D eigenvalue weighted by molar-refractivity contribution is -0.130. The summed E-state index contributed by atoms with van der Waals surface area (Å²) in [4.78, 5) is 28.8. The van der Waals surface area contributed by atoms with Gasteiger partial charge in [-0.2, -0.15) is 5.26 Å². The fraction of sp³-hybridized carbons (Fsp3) is 0.318. The topological polar surface area (TPSA) is 76.4 Å². The molecule has 150 valence electrons. The molecule has 0 aromatic heterocycles. The molecule has 0 radical (unpaired) electrons. The smallest absolute Gasteiger partial charge is 0.251 e. The molecule has 1 aliphatic rings. The highest BCUT2D eigenvalue weighted by Gasteiger charge is 2.19. The minimum atomic E-state index is -0.173. The lowest BCUT2D eigenvalue weighted by Gasteiger charge is -2.24. The van der Waals surface area contributed by atoms with Gasteiger partial charge in [-0.3, -0.25) is 9.59 Å². The van der Waals surface area contributed by atoms with E-state index < -0.39 is 0 Å². The van der Waals surface area contributed by atoms with Gasteiger partial charge in [0, 0.05) is 54.9 Å². The summed E-state index contributed by atoms with van der Waals surface area (Å²) in [5.41, 5.74) is 2.29. The standard InChI is InChI=1S/C22H23BrN4O2/c23-19-6-4-18(5-7-19)22(29)25-11-10-21(28)27-13-1-12-26(14-15-27)20-8-2-17(16-24)3-9-20/h2-9H,1,10-15H2,(H,25,29). The predicted octanol–water partition coefficient (Wildman–Crippen LogP) is 3.18. The Hall–Kier alpha value is -2.85. The van der Waals surface area contributed by atoms with E-state index >= 15 is 0 Å². The molecule has 3 rings (SSSR count). The minimum Gasteiger partial charge on any atom is -0.370 e. The molecule has 1 saturated heterocycles. The third-order valence-electron chi connectivity index (χ3n) is 4.94. The number of benzene rings is 2. The Labute approximate surface area is 179 Å². The second-order valence-electron chi connectivity index (χ2n) is 6.89. The van der Waals surface area contributed by atoms with Gasteiger partial charge in [-0.1, -0.05) is 15.9 Å². The number of carbonyl (C=O) groups excluding carboxylic acids is 2. The Morgan fingerprint density at radius 1 is 1.00 bits per heavy atom. The van der Waals surface area contributed by atoms with Crippen molar-refractivity contribution < 1.29 is 9.59 Å². The molecule has 0 unspecified atom stereocenters. The monoisotopic (exact) mass is 454 g/mol. The van der Waals surface area contributed by atoms with Crippen LogP contribution in [0.15, 0.2) is 53.0 Å². The zero-order valence-corrected chi connectivity index (χ0v) is 17.7. The van der Waals surface area contributed by atoms with Gasteiger partial charge >= 0.3 is 0 Å². The molecular weight excluding hydrogens is 432 g/mol. The number of nitriles is 1. The zero-order valence-electron chi connectivity index (χ0n) is 16.1. The fourth-order valence-electron chi connectivity index (χ4n) is 3.32. The summed E-state index contributed by atoms with van der Waals surface area (Å²) in [6.45, 7) is 3.31. The number of nitrogens with one attached hydrogen (secondary N) is 1. The molecule has 1 fully saturated rings. The van der Waals surface area contributed by atoms with Crippen LogP contribution in [0.4, 0.5) is 5.69 Å². The van der Waals surface area contributed by atoms with Crippen LogP contribution in [0.5, 0.6) is 0 Å². The Balaban J connectivity index is 1.45. The van der Waals surface area contributed by atoms with Crippen LogP contribution < -0.4 is 10.2 Å². The lowest BCUT2D eigenvalue weighted by atomic mass is 10.2. The van der Waals surface area contributed by atoms with E-state index in [1.54, 1.807) is 12.1 Å². The third kappa shape index (κ3) is 5.81. The highest BCUT2D eigenvalue weighted by Crippen LogP contribution is 2.17. The van der Waals surface area contributed by atoms with E-state index in [0.29, 0.717) is 37.2 Å². The molecule has 0 spiro atoms. The van der Waals surface area contributed by atoms with E-state index in [2.05, 4.69) is 32.2 Å². The van der Waals surface area contributed by atoms with E-state index in [1.165, 1.54) is 0 Å². The molecule has 0 aliphatic carbocycles. The second kappa shape index (κ2) is 10.1. The van der Waals surface area contributed by atoms with Gasteiger partial charge in [0.15, 0.2) is 0 Å². The van der Waals surface area contributed by atoms with Crippen molar-refractivity contribution >= 4 is 33.4 Å². The predicted molar refractivity (Wildman–Crippen MR) is 116 cm³/mol. The third-order valence-corrected chi connectivity index (χ3v) is 5.47. The van der Waals surface area contributed by atoms with E-state index in [0.717, 1.165) is 29.7 Å². The van der Waals surface area contributed by atoms with Crippen LogP contribution in [-0.4, -0.2) is 49.4 Å². The van der Waals surface area contributed by atoms with Gasteiger partial charge in [0.05, 0.1) is 11.6 Å². The normalized spacial score (nSPS) is 14.1. The number of halogens is 1. The molecule has 29 heavy (non-hydrogen) atoms. The number of nitrogens with zero attached hydrogens (tertiary/aromatic N) is 3. The first-order valence-corrected chi connectivity index (χ1v) is 10.4. The van der Waals surface area contributed by atoms with Gasteiger partial charge < -0.3 is 15.1 Å². The number of hydrogen-bond donors (Lipinski definition) is 1.